The van der Waals surface area contributed by atoms with E-state index in [-0.39, 0.29) is 23.6 Å². The molecule has 0 saturated carbocycles. The first kappa shape index (κ1) is 15.7. The summed E-state index contributed by atoms with van der Waals surface area (Å²) in [6, 6.07) is 6.47. The Morgan fingerprint density at radius 2 is 2.09 bits per heavy atom. The highest BCUT2D eigenvalue weighted by atomic mass is 79.9. The summed E-state index contributed by atoms with van der Waals surface area (Å²) >= 11 is 3.31. The zero-order valence-electron chi connectivity index (χ0n) is 12.4. The van der Waals surface area contributed by atoms with Crippen molar-refractivity contribution in [3.63, 3.8) is 0 Å². The lowest BCUT2D eigenvalue weighted by atomic mass is 9.90. The first-order valence-electron chi connectivity index (χ1n) is 7.15. The number of fused-ring (bicyclic) bond motifs is 1. The molecule has 3 rings (SSSR count). The second kappa shape index (κ2) is 5.49. The van der Waals surface area contributed by atoms with Gasteiger partial charge in [-0.2, -0.15) is 0 Å². The molecule has 1 aromatic heterocycles. The summed E-state index contributed by atoms with van der Waals surface area (Å²) in [4.78, 5) is 40.5. The van der Waals surface area contributed by atoms with Crippen LogP contribution in [0, 0.1) is 5.41 Å². The number of aliphatic carboxylic acids is 1. The molecule has 0 unspecified atom stereocenters. The van der Waals surface area contributed by atoms with E-state index in [1.54, 1.807) is 25.1 Å². The number of hydrogen-bond acceptors (Lipinski definition) is 3. The fraction of sp³-hybridized carbons (Fsp3) is 0.312. The Kier molecular flexibility index (Phi) is 3.75. The molecule has 1 aliphatic rings. The van der Waals surface area contributed by atoms with Gasteiger partial charge in [-0.05, 0) is 31.5 Å². The molecule has 23 heavy (non-hydrogen) atoms. The lowest BCUT2D eigenvalue weighted by Crippen LogP contribution is -2.35. The Morgan fingerprint density at radius 1 is 1.35 bits per heavy atom. The van der Waals surface area contributed by atoms with Crippen LogP contribution in [0.25, 0.3) is 10.9 Å². The molecular formula is C16H15BrN2O4. The number of nitrogens with zero attached hydrogens (tertiary/aromatic N) is 1. The molecule has 1 aromatic carbocycles. The molecule has 0 radical (unpaired) electrons. The van der Waals surface area contributed by atoms with Crippen molar-refractivity contribution in [1.82, 2.24) is 9.88 Å². The molecule has 1 aliphatic heterocycles. The van der Waals surface area contributed by atoms with Crippen LogP contribution in [-0.4, -0.2) is 40.0 Å². The number of aromatic amines is 1. The molecule has 1 saturated heterocycles. The van der Waals surface area contributed by atoms with Crippen LogP contribution in [0.2, 0.25) is 0 Å². The Bertz CT molecular complexity index is 876. The van der Waals surface area contributed by atoms with Gasteiger partial charge in [0, 0.05) is 34.5 Å². The standard InChI is InChI=1S/C16H15BrN2O4/c1-16(15(22)23)4-5-19(8-16)14(21)12-7-13(20)10-6-9(17)2-3-11(10)18-12/h2-3,6-7H,4-5,8H2,1H3,(H,18,20)(H,22,23)/t16-/m0/s1. The normalized spacial score (nSPS) is 20.9. The quantitative estimate of drug-likeness (QED) is 0.837. The number of carbonyl (C=O) groups is 2. The van der Waals surface area contributed by atoms with Gasteiger partial charge in [-0.25, -0.2) is 0 Å². The Morgan fingerprint density at radius 3 is 2.74 bits per heavy atom. The average molecular weight is 379 g/mol. The van der Waals surface area contributed by atoms with E-state index in [2.05, 4.69) is 20.9 Å². The molecule has 2 N–H and O–H groups in total. The van der Waals surface area contributed by atoms with Crippen molar-refractivity contribution < 1.29 is 14.7 Å². The lowest BCUT2D eigenvalue weighted by Gasteiger charge is -2.20. The number of likely N-dealkylation sites (tertiary alicyclic amines) is 1. The van der Waals surface area contributed by atoms with Crippen molar-refractivity contribution in [2.75, 3.05) is 13.1 Å². The monoisotopic (exact) mass is 378 g/mol. The van der Waals surface area contributed by atoms with Crippen LogP contribution in [0.5, 0.6) is 0 Å². The summed E-state index contributed by atoms with van der Waals surface area (Å²) in [6.45, 7) is 2.13. The van der Waals surface area contributed by atoms with E-state index >= 15 is 0 Å². The first-order valence-corrected chi connectivity index (χ1v) is 7.95. The average Bonchev–Trinajstić information content (AvgIpc) is 2.91. The number of H-pyrrole nitrogens is 1. The lowest BCUT2D eigenvalue weighted by molar-refractivity contribution is -0.147. The minimum absolute atomic E-state index is 0.140. The number of halogens is 1. The topological polar surface area (TPSA) is 90.5 Å². The van der Waals surface area contributed by atoms with Crippen LogP contribution in [-0.2, 0) is 4.79 Å². The van der Waals surface area contributed by atoms with E-state index in [1.807, 2.05) is 0 Å². The van der Waals surface area contributed by atoms with Crippen LogP contribution in [0.3, 0.4) is 0 Å². The molecule has 1 fully saturated rings. The summed E-state index contributed by atoms with van der Waals surface area (Å²) < 4.78 is 0.784. The highest BCUT2D eigenvalue weighted by molar-refractivity contribution is 9.10. The van der Waals surface area contributed by atoms with Crippen molar-refractivity contribution in [3.8, 4) is 0 Å². The SMILES string of the molecule is C[C@]1(C(=O)O)CCN(C(=O)c2cc(=O)c3cc(Br)ccc3[nH]2)C1. The van der Waals surface area contributed by atoms with E-state index in [9.17, 15) is 19.5 Å². The van der Waals surface area contributed by atoms with E-state index in [0.29, 0.717) is 23.9 Å². The van der Waals surface area contributed by atoms with Gasteiger partial charge in [0.05, 0.1) is 5.41 Å². The number of carboxylic acid groups (broad SMARTS) is 1. The predicted octanol–water partition coefficient (Wildman–Crippen LogP) is 2.23. The maximum Gasteiger partial charge on any atom is 0.311 e. The second-order valence-corrected chi connectivity index (χ2v) is 7.00. The van der Waals surface area contributed by atoms with Gasteiger partial charge in [0.25, 0.3) is 5.91 Å². The summed E-state index contributed by atoms with van der Waals surface area (Å²) in [5.74, 6) is -1.26. The van der Waals surface area contributed by atoms with Crippen LogP contribution in [0.1, 0.15) is 23.8 Å². The summed E-state index contributed by atoms with van der Waals surface area (Å²) in [5, 5.41) is 9.75. The van der Waals surface area contributed by atoms with Crippen molar-refractivity contribution in [2.45, 2.75) is 13.3 Å². The van der Waals surface area contributed by atoms with Gasteiger partial charge in [0.1, 0.15) is 5.69 Å². The van der Waals surface area contributed by atoms with Gasteiger partial charge in [-0.1, -0.05) is 15.9 Å². The summed E-state index contributed by atoms with van der Waals surface area (Å²) in [5.41, 5.74) is -0.426. The van der Waals surface area contributed by atoms with Crippen LogP contribution in [0.15, 0.2) is 33.5 Å². The molecule has 7 heteroatoms. The third-order valence-electron chi connectivity index (χ3n) is 4.30. The van der Waals surface area contributed by atoms with Crippen molar-refractivity contribution in [1.29, 1.82) is 0 Å². The Balaban J connectivity index is 1.95. The highest BCUT2D eigenvalue weighted by Gasteiger charge is 2.42. The molecule has 1 atom stereocenters. The van der Waals surface area contributed by atoms with Crippen LogP contribution >= 0.6 is 15.9 Å². The van der Waals surface area contributed by atoms with E-state index < -0.39 is 11.4 Å². The highest BCUT2D eigenvalue weighted by Crippen LogP contribution is 2.30. The zero-order chi connectivity index (χ0) is 16.8. The summed E-state index contributed by atoms with van der Waals surface area (Å²) in [7, 11) is 0. The van der Waals surface area contributed by atoms with Gasteiger partial charge in [-0.3, -0.25) is 14.4 Å². The molecule has 0 spiro atoms. The summed E-state index contributed by atoms with van der Waals surface area (Å²) in [6.07, 6.45) is 0.402. The Labute approximate surface area is 140 Å². The second-order valence-electron chi connectivity index (χ2n) is 6.08. The number of carboxylic acids is 1. The molecule has 1 amide bonds. The van der Waals surface area contributed by atoms with E-state index in [1.165, 1.54) is 11.0 Å². The van der Waals surface area contributed by atoms with Crippen molar-refractivity contribution in [2.24, 2.45) is 5.41 Å². The van der Waals surface area contributed by atoms with Gasteiger partial charge in [0.2, 0.25) is 0 Å². The van der Waals surface area contributed by atoms with Crippen LogP contribution in [0.4, 0.5) is 0 Å². The predicted molar refractivity (Wildman–Crippen MR) is 88.5 cm³/mol. The molecule has 2 aromatic rings. The molecule has 2 heterocycles. The smallest absolute Gasteiger partial charge is 0.311 e. The number of amides is 1. The molecule has 120 valence electrons. The number of carbonyl (C=O) groups excluding carboxylic acids is 1. The number of pyridine rings is 1. The minimum atomic E-state index is -0.933. The number of benzene rings is 1. The molecule has 6 nitrogen and oxygen atoms in total. The molecular weight excluding hydrogens is 364 g/mol. The van der Waals surface area contributed by atoms with Crippen molar-refractivity contribution in [3.05, 3.63) is 44.7 Å². The first-order chi connectivity index (χ1) is 10.8. The third kappa shape index (κ3) is 2.76. The largest absolute Gasteiger partial charge is 0.481 e. The fourth-order valence-corrected chi connectivity index (χ4v) is 3.17. The minimum Gasteiger partial charge on any atom is -0.481 e. The van der Waals surface area contributed by atoms with E-state index in [0.717, 1.165) is 4.47 Å². The number of hydrogen-bond donors (Lipinski definition) is 2. The van der Waals surface area contributed by atoms with Gasteiger partial charge < -0.3 is 15.0 Å². The van der Waals surface area contributed by atoms with Gasteiger partial charge in [-0.15, -0.1) is 0 Å². The molecule has 0 aliphatic carbocycles. The number of aromatic nitrogens is 1. The van der Waals surface area contributed by atoms with Gasteiger partial charge >= 0.3 is 5.97 Å². The maximum absolute atomic E-state index is 12.6. The maximum atomic E-state index is 12.6. The number of nitrogens with one attached hydrogen (secondary N) is 1. The fourth-order valence-electron chi connectivity index (χ4n) is 2.81. The molecule has 0 bridgehead atoms. The zero-order valence-corrected chi connectivity index (χ0v) is 14.0. The Hall–Kier alpha value is -2.15. The van der Waals surface area contributed by atoms with Gasteiger partial charge in [0.15, 0.2) is 5.43 Å². The third-order valence-corrected chi connectivity index (χ3v) is 4.79. The van der Waals surface area contributed by atoms with Crippen LogP contribution < -0.4 is 5.43 Å². The number of rotatable bonds is 2. The van der Waals surface area contributed by atoms with Crippen molar-refractivity contribution >= 4 is 38.7 Å². The van der Waals surface area contributed by atoms with E-state index in [4.69, 9.17) is 0 Å².